The van der Waals surface area contributed by atoms with Gasteiger partial charge in [0.25, 0.3) is 0 Å². The van der Waals surface area contributed by atoms with E-state index in [-0.39, 0.29) is 11.9 Å². The lowest BCUT2D eigenvalue weighted by Gasteiger charge is -2.18. The molecule has 0 aromatic heterocycles. The van der Waals surface area contributed by atoms with Gasteiger partial charge in [-0.3, -0.25) is 4.79 Å². The largest absolute Gasteiger partial charge is 0.347 e. The van der Waals surface area contributed by atoms with Crippen molar-refractivity contribution in [2.45, 2.75) is 26.4 Å². The van der Waals surface area contributed by atoms with E-state index >= 15 is 0 Å². The number of amides is 1. The lowest BCUT2D eigenvalue weighted by Crippen LogP contribution is -2.41. The molecular formula is C13H20N2O. The number of carbonyl (C=O) groups is 1. The average Bonchev–Trinajstić information content (AvgIpc) is 2.26. The van der Waals surface area contributed by atoms with E-state index in [1.165, 1.54) is 11.1 Å². The lowest BCUT2D eigenvalue weighted by atomic mass is 10.1. The highest BCUT2D eigenvalue weighted by atomic mass is 16.2. The average molecular weight is 220 g/mol. The smallest absolute Gasteiger partial charge is 0.238 e. The van der Waals surface area contributed by atoms with Crippen LogP contribution in [-0.2, 0) is 11.3 Å². The van der Waals surface area contributed by atoms with Crippen LogP contribution >= 0.6 is 0 Å². The second-order valence-electron chi connectivity index (χ2n) is 4.26. The van der Waals surface area contributed by atoms with Crippen LogP contribution in [-0.4, -0.2) is 30.9 Å². The van der Waals surface area contributed by atoms with Crippen molar-refractivity contribution in [3.63, 3.8) is 0 Å². The van der Waals surface area contributed by atoms with Gasteiger partial charge in [-0.15, -0.1) is 0 Å². The summed E-state index contributed by atoms with van der Waals surface area (Å²) in [6.07, 6.45) is 0. The molecule has 0 saturated carbocycles. The molecule has 1 N–H and O–H groups in total. The van der Waals surface area contributed by atoms with E-state index in [0.717, 1.165) is 6.54 Å². The highest BCUT2D eigenvalue weighted by molar-refractivity contribution is 5.80. The molecule has 1 amide bonds. The van der Waals surface area contributed by atoms with E-state index in [1.807, 2.05) is 19.1 Å². The van der Waals surface area contributed by atoms with Crippen LogP contribution in [0.15, 0.2) is 24.3 Å². The van der Waals surface area contributed by atoms with Gasteiger partial charge in [0.2, 0.25) is 5.91 Å². The predicted octanol–water partition coefficient (Wildman–Crippen LogP) is 1.56. The highest BCUT2D eigenvalue weighted by Crippen LogP contribution is 2.06. The van der Waals surface area contributed by atoms with Crippen LogP contribution in [0.4, 0.5) is 0 Å². The van der Waals surface area contributed by atoms with Crippen molar-refractivity contribution in [1.82, 2.24) is 10.2 Å². The molecule has 0 fully saturated rings. The molecule has 0 heterocycles. The molecule has 0 bridgehead atoms. The van der Waals surface area contributed by atoms with Crippen molar-refractivity contribution in [3.8, 4) is 0 Å². The van der Waals surface area contributed by atoms with Crippen LogP contribution in [0.1, 0.15) is 18.1 Å². The van der Waals surface area contributed by atoms with Crippen LogP contribution in [0.5, 0.6) is 0 Å². The molecule has 0 aliphatic heterocycles. The molecule has 3 heteroatoms. The molecular weight excluding hydrogens is 200 g/mol. The lowest BCUT2D eigenvalue weighted by molar-refractivity contribution is -0.130. The van der Waals surface area contributed by atoms with Crippen molar-refractivity contribution in [2.75, 3.05) is 14.1 Å². The second-order valence-corrected chi connectivity index (χ2v) is 4.26. The maximum atomic E-state index is 11.6. The van der Waals surface area contributed by atoms with E-state index in [1.54, 1.807) is 19.0 Å². The molecule has 1 aromatic rings. The van der Waals surface area contributed by atoms with Crippen LogP contribution in [0.25, 0.3) is 0 Å². The maximum absolute atomic E-state index is 11.6. The number of nitrogens with one attached hydrogen (secondary N) is 1. The van der Waals surface area contributed by atoms with E-state index in [0.29, 0.717) is 0 Å². The van der Waals surface area contributed by atoms with Crippen LogP contribution in [0.3, 0.4) is 0 Å². The van der Waals surface area contributed by atoms with E-state index < -0.39 is 0 Å². The highest BCUT2D eigenvalue weighted by Gasteiger charge is 2.13. The number of rotatable bonds is 4. The van der Waals surface area contributed by atoms with Crippen molar-refractivity contribution < 1.29 is 4.79 Å². The third-order valence-electron chi connectivity index (χ3n) is 2.67. The quantitative estimate of drug-likeness (QED) is 0.835. The molecule has 1 atom stereocenters. The summed E-state index contributed by atoms with van der Waals surface area (Å²) in [5.74, 6) is 0.105. The van der Waals surface area contributed by atoms with Crippen molar-refractivity contribution in [1.29, 1.82) is 0 Å². The summed E-state index contributed by atoms with van der Waals surface area (Å²) in [4.78, 5) is 13.2. The Kier molecular flexibility index (Phi) is 4.50. The zero-order valence-corrected chi connectivity index (χ0v) is 10.4. The summed E-state index contributed by atoms with van der Waals surface area (Å²) < 4.78 is 0. The number of nitrogens with zero attached hydrogens (tertiary/aromatic N) is 1. The number of aryl methyl sites for hydroxylation is 1. The Morgan fingerprint density at radius 1 is 1.38 bits per heavy atom. The Labute approximate surface area is 97.5 Å². The van der Waals surface area contributed by atoms with Crippen molar-refractivity contribution in [3.05, 3.63) is 35.4 Å². The first-order chi connectivity index (χ1) is 7.52. The molecule has 1 rings (SSSR count). The number of hydrogen-bond donors (Lipinski definition) is 1. The second kappa shape index (κ2) is 5.66. The van der Waals surface area contributed by atoms with Gasteiger partial charge in [0.15, 0.2) is 0 Å². The van der Waals surface area contributed by atoms with Gasteiger partial charge in [0.05, 0.1) is 6.04 Å². The third kappa shape index (κ3) is 3.35. The first-order valence-electron chi connectivity index (χ1n) is 5.51. The fourth-order valence-corrected chi connectivity index (χ4v) is 1.55. The van der Waals surface area contributed by atoms with Crippen LogP contribution in [0.2, 0.25) is 0 Å². The van der Waals surface area contributed by atoms with Crippen molar-refractivity contribution >= 4 is 5.91 Å². The first kappa shape index (κ1) is 12.7. The Hall–Kier alpha value is -1.35. The molecule has 16 heavy (non-hydrogen) atoms. The minimum absolute atomic E-state index is 0.105. The molecule has 0 radical (unpaired) electrons. The molecule has 0 aliphatic rings. The first-order valence-corrected chi connectivity index (χ1v) is 5.51. The maximum Gasteiger partial charge on any atom is 0.238 e. The summed E-state index contributed by atoms with van der Waals surface area (Å²) in [5.41, 5.74) is 2.49. The topological polar surface area (TPSA) is 32.3 Å². The summed E-state index contributed by atoms with van der Waals surface area (Å²) in [7, 11) is 3.54. The SMILES string of the molecule is Cc1ccccc1CNC(C)C(=O)N(C)C. The number of benzene rings is 1. The minimum Gasteiger partial charge on any atom is -0.347 e. The molecule has 3 nitrogen and oxygen atoms in total. The standard InChI is InChI=1S/C13H20N2O/c1-10-7-5-6-8-12(10)9-14-11(2)13(16)15(3)4/h5-8,11,14H,9H2,1-4H3. The molecule has 88 valence electrons. The van der Waals surface area contributed by atoms with E-state index in [2.05, 4.69) is 24.4 Å². The molecule has 1 aromatic carbocycles. The van der Waals surface area contributed by atoms with Gasteiger partial charge in [-0.25, -0.2) is 0 Å². The monoisotopic (exact) mass is 220 g/mol. The fraction of sp³-hybridized carbons (Fsp3) is 0.462. The number of hydrogen-bond acceptors (Lipinski definition) is 2. The normalized spacial score (nSPS) is 12.2. The Morgan fingerprint density at radius 3 is 2.56 bits per heavy atom. The Balaban J connectivity index is 2.52. The Bertz CT molecular complexity index is 361. The summed E-state index contributed by atoms with van der Waals surface area (Å²) in [6.45, 7) is 4.70. The minimum atomic E-state index is -0.144. The van der Waals surface area contributed by atoms with Gasteiger partial charge >= 0.3 is 0 Å². The third-order valence-corrected chi connectivity index (χ3v) is 2.67. The molecule has 0 aliphatic carbocycles. The van der Waals surface area contributed by atoms with Gasteiger partial charge in [0.1, 0.15) is 0 Å². The number of carbonyl (C=O) groups excluding carboxylic acids is 1. The molecule has 0 spiro atoms. The van der Waals surface area contributed by atoms with E-state index in [4.69, 9.17) is 0 Å². The zero-order valence-electron chi connectivity index (χ0n) is 10.4. The van der Waals surface area contributed by atoms with Crippen LogP contribution in [0, 0.1) is 6.92 Å². The molecule has 1 unspecified atom stereocenters. The zero-order chi connectivity index (χ0) is 12.1. The Morgan fingerprint density at radius 2 is 2.00 bits per heavy atom. The van der Waals surface area contributed by atoms with Gasteiger partial charge in [-0.05, 0) is 25.0 Å². The van der Waals surface area contributed by atoms with Gasteiger partial charge < -0.3 is 10.2 Å². The van der Waals surface area contributed by atoms with Gasteiger partial charge in [-0.1, -0.05) is 24.3 Å². The predicted molar refractivity (Wildman–Crippen MR) is 66.2 cm³/mol. The summed E-state index contributed by atoms with van der Waals surface area (Å²) >= 11 is 0. The number of likely N-dealkylation sites (N-methyl/N-ethyl adjacent to an activating group) is 1. The summed E-state index contributed by atoms with van der Waals surface area (Å²) in [5, 5.41) is 3.23. The molecule has 0 saturated heterocycles. The van der Waals surface area contributed by atoms with Gasteiger partial charge in [-0.2, -0.15) is 0 Å². The summed E-state index contributed by atoms with van der Waals surface area (Å²) in [6, 6.07) is 8.05. The van der Waals surface area contributed by atoms with Crippen LogP contribution < -0.4 is 5.32 Å². The van der Waals surface area contributed by atoms with Crippen molar-refractivity contribution in [2.24, 2.45) is 0 Å². The van der Waals surface area contributed by atoms with Gasteiger partial charge in [0, 0.05) is 20.6 Å². The fourth-order valence-electron chi connectivity index (χ4n) is 1.55. The van der Waals surface area contributed by atoms with E-state index in [9.17, 15) is 4.79 Å².